The molecule has 0 atom stereocenters. The Morgan fingerprint density at radius 2 is 0.816 bits per heavy atom. The molecule has 2 nitrogen and oxygen atoms in total. The van der Waals surface area contributed by atoms with Crippen molar-refractivity contribution in [2.45, 2.75) is 130 Å². The maximum absolute atomic E-state index is 5.39. The van der Waals surface area contributed by atoms with Crippen LogP contribution in [0.4, 0.5) is 11.4 Å². The molecule has 2 aromatic rings. The molecule has 3 rings (SSSR count). The van der Waals surface area contributed by atoms with Gasteiger partial charge in [-0.15, -0.1) is 0 Å². The predicted molar refractivity (Wildman–Crippen MR) is 167 cm³/mol. The summed E-state index contributed by atoms with van der Waals surface area (Å²) in [6.45, 7) is 27.4. The average molecular weight is 561 g/mol. The van der Waals surface area contributed by atoms with Gasteiger partial charge in [-0.05, 0) is 81.7 Å². The van der Waals surface area contributed by atoms with Gasteiger partial charge < -0.3 is 7.43 Å². The van der Waals surface area contributed by atoms with Crippen molar-refractivity contribution < 1.29 is 16.5 Å². The Bertz CT molecular complexity index is 1060. The molecule has 0 saturated heterocycles. The van der Waals surface area contributed by atoms with Gasteiger partial charge in [0, 0.05) is 0 Å². The summed E-state index contributed by atoms with van der Waals surface area (Å²) in [4.78, 5) is 10.8. The van der Waals surface area contributed by atoms with Crippen molar-refractivity contribution in [1.29, 1.82) is 0 Å². The first-order valence-corrected chi connectivity index (χ1v) is 13.8. The molecular weight excluding hydrogens is 507 g/mol. The molecule has 0 heterocycles. The van der Waals surface area contributed by atoms with Crippen LogP contribution in [0.5, 0.6) is 0 Å². The van der Waals surface area contributed by atoms with Crippen LogP contribution in [-0.4, -0.2) is 11.4 Å². The summed E-state index contributed by atoms with van der Waals surface area (Å²) in [5.41, 5.74) is 10.1. The Kier molecular flexibility index (Phi) is 11.0. The Balaban J connectivity index is 0.00000361. The molecule has 0 aliphatic heterocycles. The van der Waals surface area contributed by atoms with Gasteiger partial charge in [-0.1, -0.05) is 107 Å². The van der Waals surface area contributed by atoms with E-state index in [0.717, 1.165) is 24.2 Å². The summed E-state index contributed by atoms with van der Waals surface area (Å²) in [5.74, 6) is 0. The Morgan fingerprint density at radius 3 is 1.08 bits per heavy atom. The molecule has 1 aliphatic carbocycles. The van der Waals surface area contributed by atoms with Crippen molar-refractivity contribution in [3.8, 4) is 0 Å². The van der Waals surface area contributed by atoms with Crippen LogP contribution in [0.15, 0.2) is 46.4 Å². The van der Waals surface area contributed by atoms with Crippen molar-refractivity contribution >= 4 is 22.8 Å². The summed E-state index contributed by atoms with van der Waals surface area (Å²) in [6, 6.07) is 13.8. The molecule has 2 aromatic carbocycles. The van der Waals surface area contributed by atoms with Crippen LogP contribution in [-0.2, 0) is 38.2 Å². The van der Waals surface area contributed by atoms with Crippen LogP contribution < -0.4 is 0 Å². The molecule has 0 amide bonds. The van der Waals surface area contributed by atoms with Gasteiger partial charge in [0.25, 0.3) is 0 Å². The minimum Gasteiger partial charge on any atom is -0.358 e. The van der Waals surface area contributed by atoms with Crippen molar-refractivity contribution in [2.75, 3.05) is 0 Å². The molecule has 0 spiro atoms. The molecule has 1 aliphatic rings. The smallest absolute Gasteiger partial charge is 0.358 e. The second-order valence-electron chi connectivity index (χ2n) is 14.8. The first-order chi connectivity index (χ1) is 16.4. The minimum absolute atomic E-state index is 0. The average Bonchev–Trinajstić information content (AvgIpc) is 2.72. The molecular formula is C35H53N2Ni+. The molecule has 38 heavy (non-hydrogen) atoms. The van der Waals surface area contributed by atoms with E-state index in [1.165, 1.54) is 46.5 Å². The molecule has 0 N–H and O–H groups in total. The molecule has 1 fully saturated rings. The third kappa shape index (κ3) is 8.38. The zero-order valence-electron chi connectivity index (χ0n) is 26.5. The number of rotatable bonds is 2. The Labute approximate surface area is 245 Å². The van der Waals surface area contributed by atoms with E-state index in [2.05, 4.69) is 119 Å². The fraction of sp³-hybridized carbons (Fsp3) is 0.571. The topological polar surface area (TPSA) is 24.7 Å². The maximum Gasteiger partial charge on any atom is 2.00 e. The van der Waals surface area contributed by atoms with E-state index in [1.54, 1.807) is 0 Å². The molecule has 212 valence electrons. The second-order valence-corrected chi connectivity index (χ2v) is 14.8. The van der Waals surface area contributed by atoms with E-state index in [1.807, 2.05) is 0 Å². The fourth-order valence-corrected chi connectivity index (χ4v) is 4.85. The van der Waals surface area contributed by atoms with Gasteiger partial charge in [-0.2, -0.15) is 0 Å². The van der Waals surface area contributed by atoms with E-state index in [9.17, 15) is 0 Å². The summed E-state index contributed by atoms with van der Waals surface area (Å²) in [5, 5.41) is 0. The van der Waals surface area contributed by atoms with Gasteiger partial charge in [0.05, 0.1) is 22.8 Å². The minimum atomic E-state index is 0. The van der Waals surface area contributed by atoms with Crippen molar-refractivity contribution in [3.05, 3.63) is 66.1 Å². The fourth-order valence-electron chi connectivity index (χ4n) is 4.85. The van der Waals surface area contributed by atoms with Crippen LogP contribution in [0.1, 0.15) is 131 Å². The maximum atomic E-state index is 5.39. The summed E-state index contributed by atoms with van der Waals surface area (Å²) >= 11 is 0. The number of hydrogen-bond donors (Lipinski definition) is 0. The molecule has 0 bridgehead atoms. The van der Waals surface area contributed by atoms with Crippen LogP contribution in [0, 0.1) is 7.43 Å². The van der Waals surface area contributed by atoms with E-state index in [4.69, 9.17) is 9.98 Å². The zero-order chi connectivity index (χ0) is 27.1. The van der Waals surface area contributed by atoms with Gasteiger partial charge in [-0.25, -0.2) is 0 Å². The number of aliphatic imine (C=N–C) groups is 2. The van der Waals surface area contributed by atoms with Crippen LogP contribution in [0.2, 0.25) is 0 Å². The first-order valence-electron chi connectivity index (χ1n) is 13.8. The number of benzene rings is 2. The normalized spacial score (nSPS) is 17.3. The number of hydrogen-bond acceptors (Lipinski definition) is 2. The Morgan fingerprint density at radius 1 is 0.500 bits per heavy atom. The largest absolute Gasteiger partial charge is 2.00 e. The van der Waals surface area contributed by atoms with E-state index in [0.29, 0.717) is 0 Å². The third-order valence-electron chi connectivity index (χ3n) is 7.26. The van der Waals surface area contributed by atoms with Gasteiger partial charge in [0.1, 0.15) is 0 Å². The van der Waals surface area contributed by atoms with E-state index < -0.39 is 0 Å². The van der Waals surface area contributed by atoms with Gasteiger partial charge in [0.15, 0.2) is 0 Å². The van der Waals surface area contributed by atoms with Crippen LogP contribution >= 0.6 is 0 Å². The second kappa shape index (κ2) is 12.2. The van der Waals surface area contributed by atoms with Crippen LogP contribution in [0.3, 0.4) is 0 Å². The standard InChI is InChI=1S/C34H50N2.CH3.Ni/c1-31(2,3)23-17-19-25(33(7,8)9)29(21-23)35-27-15-13-14-16-28(27)36-30-22-24(32(4,5)6)18-20-26(30)34(10,11)12;;/h17-22H,13-16H2,1-12H3;1H3;/q;-1;+2. The molecule has 0 radical (unpaired) electrons. The summed E-state index contributed by atoms with van der Waals surface area (Å²) in [7, 11) is 0. The van der Waals surface area contributed by atoms with Gasteiger partial charge in [-0.3, -0.25) is 9.98 Å². The molecule has 0 unspecified atom stereocenters. The SMILES string of the molecule is CC(C)(C)c1ccc(C(C)(C)C)c(N=C2CCCCC2=Nc2cc(C(C)(C)C)ccc2C(C)(C)C)c1.[CH3-].[Ni+2]. The Hall–Kier alpha value is -1.73. The first kappa shape index (κ1) is 34.3. The zero-order valence-corrected chi connectivity index (χ0v) is 27.5. The van der Waals surface area contributed by atoms with Crippen molar-refractivity contribution in [3.63, 3.8) is 0 Å². The van der Waals surface area contributed by atoms with E-state index in [-0.39, 0.29) is 45.6 Å². The quantitative estimate of drug-likeness (QED) is 0.258. The van der Waals surface area contributed by atoms with E-state index >= 15 is 0 Å². The summed E-state index contributed by atoms with van der Waals surface area (Å²) in [6.07, 6.45) is 4.34. The van der Waals surface area contributed by atoms with Crippen LogP contribution in [0.25, 0.3) is 0 Å². The number of nitrogens with zero attached hydrogens (tertiary/aromatic N) is 2. The predicted octanol–water partition coefficient (Wildman–Crippen LogP) is 10.7. The molecule has 1 saturated carbocycles. The summed E-state index contributed by atoms with van der Waals surface area (Å²) < 4.78 is 0. The third-order valence-corrected chi connectivity index (χ3v) is 7.26. The monoisotopic (exact) mass is 559 g/mol. The van der Waals surface area contributed by atoms with Gasteiger partial charge >= 0.3 is 16.5 Å². The molecule has 0 aromatic heterocycles. The van der Waals surface area contributed by atoms with Crippen molar-refractivity contribution in [2.24, 2.45) is 9.98 Å². The molecule has 3 heteroatoms. The van der Waals surface area contributed by atoms with Crippen molar-refractivity contribution in [1.82, 2.24) is 0 Å². The van der Waals surface area contributed by atoms with Gasteiger partial charge in [0.2, 0.25) is 0 Å².